The Balaban J connectivity index is 2.28. The Labute approximate surface area is 91.4 Å². The molecule has 2 saturated heterocycles. The number of fused-ring (bicyclic) bond motifs is 1. The fraction of sp³-hybridized carbons (Fsp3) is 0.778. The second kappa shape index (κ2) is 3.12. The number of rotatable bonds is 2. The monoisotopic (exact) mass is 231 g/mol. The van der Waals surface area contributed by atoms with Crippen LogP contribution in [-0.4, -0.2) is 49.8 Å². The smallest absolute Gasteiger partial charge is 0.327 e. The predicted molar refractivity (Wildman–Crippen MR) is 54.3 cm³/mol. The van der Waals surface area contributed by atoms with Crippen molar-refractivity contribution in [3.63, 3.8) is 0 Å². The number of nitrogens with zero attached hydrogens (tertiary/aromatic N) is 1. The molecule has 0 aromatic rings. The summed E-state index contributed by atoms with van der Waals surface area (Å²) in [6, 6.07) is -0.775. The molecule has 0 radical (unpaired) electrons. The van der Waals surface area contributed by atoms with E-state index in [0.717, 1.165) is 0 Å². The predicted octanol–water partition coefficient (Wildman–Crippen LogP) is -0.258. The molecule has 84 valence electrons. The minimum Gasteiger partial charge on any atom is -0.480 e. The lowest BCUT2D eigenvalue weighted by atomic mass is 9.92. The molecule has 2 heterocycles. The highest BCUT2D eigenvalue weighted by Gasteiger charge is 2.63. The number of carbonyl (C=O) groups excluding carboxylic acids is 1. The van der Waals surface area contributed by atoms with Gasteiger partial charge in [-0.15, -0.1) is 11.8 Å². The third-order valence-corrected chi connectivity index (χ3v) is 4.61. The molecule has 0 saturated carbocycles. The molecule has 0 bridgehead atoms. The fourth-order valence-corrected chi connectivity index (χ4v) is 3.93. The van der Waals surface area contributed by atoms with Crippen LogP contribution < -0.4 is 0 Å². The van der Waals surface area contributed by atoms with Crippen LogP contribution in [0.4, 0.5) is 0 Å². The molecular weight excluding hydrogens is 218 g/mol. The summed E-state index contributed by atoms with van der Waals surface area (Å²) in [7, 11) is 0. The van der Waals surface area contributed by atoms with Crippen LogP contribution in [0.1, 0.15) is 13.8 Å². The zero-order valence-electron chi connectivity index (χ0n) is 8.51. The number of carbonyl (C=O) groups is 2. The Morgan fingerprint density at radius 3 is 2.67 bits per heavy atom. The van der Waals surface area contributed by atoms with Crippen LogP contribution in [0.25, 0.3) is 0 Å². The average molecular weight is 231 g/mol. The first-order chi connectivity index (χ1) is 6.90. The van der Waals surface area contributed by atoms with Crippen molar-refractivity contribution in [2.45, 2.75) is 30.0 Å². The minimum absolute atomic E-state index is 0.168. The molecule has 0 spiro atoms. The second-order valence-electron chi connectivity index (χ2n) is 4.39. The summed E-state index contributed by atoms with van der Waals surface area (Å²) >= 11 is 1.45. The fourth-order valence-electron chi connectivity index (χ4n) is 2.26. The molecule has 2 aliphatic rings. The number of β-lactam (4-membered cyclic amide) rings is 1. The Morgan fingerprint density at radius 1 is 1.60 bits per heavy atom. The third-order valence-electron chi connectivity index (χ3n) is 2.98. The normalized spacial score (nSPS) is 37.4. The number of carboxylic acids is 1. The van der Waals surface area contributed by atoms with E-state index >= 15 is 0 Å². The molecule has 0 aromatic heterocycles. The van der Waals surface area contributed by atoms with Gasteiger partial charge < -0.3 is 15.1 Å². The number of aliphatic hydroxyl groups is 1. The largest absolute Gasteiger partial charge is 0.480 e. The van der Waals surface area contributed by atoms with E-state index in [2.05, 4.69) is 0 Å². The summed E-state index contributed by atoms with van der Waals surface area (Å²) in [5, 5.41) is 17.9. The summed E-state index contributed by atoms with van der Waals surface area (Å²) in [5.74, 6) is -1.63. The highest BCUT2D eigenvalue weighted by molar-refractivity contribution is 8.01. The molecule has 6 heteroatoms. The Hall–Kier alpha value is -0.750. The van der Waals surface area contributed by atoms with Crippen molar-refractivity contribution in [1.82, 2.24) is 4.90 Å². The van der Waals surface area contributed by atoms with Crippen molar-refractivity contribution >= 4 is 23.6 Å². The molecule has 0 unspecified atom stereocenters. The molecule has 15 heavy (non-hydrogen) atoms. The Morgan fingerprint density at radius 2 is 2.20 bits per heavy atom. The van der Waals surface area contributed by atoms with E-state index in [1.807, 2.05) is 13.8 Å². The number of aliphatic hydroxyl groups excluding tert-OH is 1. The molecule has 2 fully saturated rings. The quantitative estimate of drug-likeness (QED) is 0.640. The lowest BCUT2D eigenvalue weighted by Crippen LogP contribution is -2.63. The molecule has 0 aromatic carbocycles. The number of carboxylic acid groups (broad SMARTS) is 1. The summed E-state index contributed by atoms with van der Waals surface area (Å²) in [5.41, 5.74) is 0. The van der Waals surface area contributed by atoms with Crippen LogP contribution in [0, 0.1) is 5.92 Å². The van der Waals surface area contributed by atoms with Crippen LogP contribution in [0.15, 0.2) is 0 Å². The van der Waals surface area contributed by atoms with Crippen molar-refractivity contribution in [2.75, 3.05) is 6.61 Å². The van der Waals surface area contributed by atoms with Gasteiger partial charge in [-0.05, 0) is 13.8 Å². The van der Waals surface area contributed by atoms with Gasteiger partial charge in [0.25, 0.3) is 0 Å². The SMILES string of the molecule is CC1(C)S[C@@H]2[C@H](CO)C(=O)N2[C@@H]1C(=O)O. The Bertz CT molecular complexity index is 330. The van der Waals surface area contributed by atoms with Crippen LogP contribution in [0.5, 0.6) is 0 Å². The lowest BCUT2D eigenvalue weighted by Gasteiger charge is -2.42. The zero-order chi connectivity index (χ0) is 11.4. The van der Waals surface area contributed by atoms with Gasteiger partial charge in [-0.1, -0.05) is 0 Å². The maximum atomic E-state index is 11.6. The number of hydrogen-bond acceptors (Lipinski definition) is 4. The van der Waals surface area contributed by atoms with E-state index in [0.29, 0.717) is 0 Å². The Kier molecular flexibility index (Phi) is 2.24. The molecular formula is C9H13NO4S. The molecule has 5 nitrogen and oxygen atoms in total. The van der Waals surface area contributed by atoms with Crippen molar-refractivity contribution in [3.05, 3.63) is 0 Å². The first-order valence-corrected chi connectivity index (χ1v) is 5.62. The van der Waals surface area contributed by atoms with Crippen LogP contribution >= 0.6 is 11.8 Å². The second-order valence-corrected chi connectivity index (χ2v) is 6.16. The zero-order valence-corrected chi connectivity index (χ0v) is 9.32. The average Bonchev–Trinajstić information content (AvgIpc) is 2.35. The van der Waals surface area contributed by atoms with Gasteiger partial charge in [-0.25, -0.2) is 4.79 Å². The molecule has 0 aliphatic carbocycles. The van der Waals surface area contributed by atoms with E-state index in [1.54, 1.807) is 0 Å². The van der Waals surface area contributed by atoms with Gasteiger partial charge in [0.2, 0.25) is 5.91 Å². The number of thioether (sulfide) groups is 1. The van der Waals surface area contributed by atoms with Crippen molar-refractivity contribution in [1.29, 1.82) is 0 Å². The van der Waals surface area contributed by atoms with Crippen molar-refractivity contribution in [3.8, 4) is 0 Å². The van der Waals surface area contributed by atoms with Gasteiger partial charge in [0, 0.05) is 4.75 Å². The molecule has 2 N–H and O–H groups in total. The first kappa shape index (κ1) is 10.8. The number of hydrogen-bond donors (Lipinski definition) is 2. The van der Waals surface area contributed by atoms with Gasteiger partial charge in [-0.3, -0.25) is 4.79 Å². The van der Waals surface area contributed by atoms with Crippen molar-refractivity contribution in [2.24, 2.45) is 5.92 Å². The maximum absolute atomic E-state index is 11.6. The summed E-state index contributed by atoms with van der Waals surface area (Å²) < 4.78 is -0.490. The number of aliphatic carboxylic acids is 1. The maximum Gasteiger partial charge on any atom is 0.327 e. The van der Waals surface area contributed by atoms with Gasteiger partial charge in [0.1, 0.15) is 6.04 Å². The van der Waals surface area contributed by atoms with Gasteiger partial charge in [-0.2, -0.15) is 0 Å². The molecule has 1 amide bonds. The summed E-state index contributed by atoms with van der Waals surface area (Å²) in [4.78, 5) is 24.0. The van der Waals surface area contributed by atoms with Crippen LogP contribution in [0.3, 0.4) is 0 Å². The molecule has 2 aliphatic heterocycles. The van der Waals surface area contributed by atoms with Crippen LogP contribution in [0.2, 0.25) is 0 Å². The van der Waals surface area contributed by atoms with Crippen molar-refractivity contribution < 1.29 is 19.8 Å². The van der Waals surface area contributed by atoms with E-state index in [-0.39, 0.29) is 17.9 Å². The summed E-state index contributed by atoms with van der Waals surface area (Å²) in [6.45, 7) is 3.43. The topological polar surface area (TPSA) is 77.8 Å². The number of amides is 1. The first-order valence-electron chi connectivity index (χ1n) is 4.74. The van der Waals surface area contributed by atoms with Gasteiger partial charge in [0.05, 0.1) is 17.9 Å². The minimum atomic E-state index is -0.972. The van der Waals surface area contributed by atoms with Crippen LogP contribution in [-0.2, 0) is 9.59 Å². The lowest BCUT2D eigenvalue weighted by molar-refractivity contribution is -0.165. The van der Waals surface area contributed by atoms with E-state index in [1.165, 1.54) is 16.7 Å². The summed E-state index contributed by atoms with van der Waals surface area (Å²) in [6.07, 6.45) is 0. The standard InChI is InChI=1S/C9H13NO4S/c1-9(2)5(8(13)14)10-6(12)4(3-11)7(10)15-9/h4-5,7,11H,3H2,1-2H3,(H,13,14)/t4-,5-,7-/m1/s1. The van der Waals surface area contributed by atoms with E-state index in [9.17, 15) is 9.59 Å². The van der Waals surface area contributed by atoms with E-state index < -0.39 is 22.7 Å². The third kappa shape index (κ3) is 1.28. The van der Waals surface area contributed by atoms with E-state index in [4.69, 9.17) is 10.2 Å². The highest BCUT2D eigenvalue weighted by Crippen LogP contribution is 2.52. The van der Waals surface area contributed by atoms with Gasteiger partial charge in [0.15, 0.2) is 0 Å². The molecule has 2 rings (SSSR count). The van der Waals surface area contributed by atoms with Gasteiger partial charge >= 0.3 is 5.97 Å². The molecule has 3 atom stereocenters. The highest BCUT2D eigenvalue weighted by atomic mass is 32.2.